The highest BCUT2D eigenvalue weighted by Gasteiger charge is 2.26. The van der Waals surface area contributed by atoms with E-state index in [0.29, 0.717) is 25.3 Å². The number of ether oxygens (including phenoxy) is 1. The molecule has 1 unspecified atom stereocenters. The summed E-state index contributed by atoms with van der Waals surface area (Å²) >= 11 is 1.89. The molecule has 2 aliphatic heterocycles. The van der Waals surface area contributed by atoms with Crippen molar-refractivity contribution in [1.82, 2.24) is 4.90 Å². The molecule has 0 bridgehead atoms. The number of nitrogens with two attached hydrogens (primary N) is 1. The number of benzene rings is 1. The van der Waals surface area contributed by atoms with Crippen molar-refractivity contribution in [3.63, 3.8) is 0 Å². The molecule has 0 aliphatic carbocycles. The van der Waals surface area contributed by atoms with Gasteiger partial charge in [-0.05, 0) is 36.5 Å². The highest BCUT2D eigenvalue weighted by Crippen LogP contribution is 2.19. The van der Waals surface area contributed by atoms with Crippen molar-refractivity contribution in [2.75, 3.05) is 43.1 Å². The van der Waals surface area contributed by atoms with Gasteiger partial charge in [0.1, 0.15) is 0 Å². The highest BCUT2D eigenvalue weighted by molar-refractivity contribution is 7.99. The van der Waals surface area contributed by atoms with E-state index in [0.717, 1.165) is 43.0 Å². The predicted molar refractivity (Wildman–Crippen MR) is 111 cm³/mol. The maximum absolute atomic E-state index is 12.3. The van der Waals surface area contributed by atoms with Crippen LogP contribution in [0.1, 0.15) is 18.4 Å². The van der Waals surface area contributed by atoms with Crippen LogP contribution in [0.15, 0.2) is 24.3 Å². The molecule has 2 saturated heterocycles. The fourth-order valence-electron chi connectivity index (χ4n) is 3.32. The van der Waals surface area contributed by atoms with Crippen molar-refractivity contribution in [3.8, 4) is 0 Å². The number of rotatable bonds is 5. The topological polar surface area (TPSA) is 84.7 Å². The van der Waals surface area contributed by atoms with Gasteiger partial charge in [0.25, 0.3) is 0 Å². The quantitative estimate of drug-likeness (QED) is 0.770. The lowest BCUT2D eigenvalue weighted by atomic mass is 9.92. The first-order chi connectivity index (χ1) is 12.6. The molecule has 27 heavy (non-hydrogen) atoms. The summed E-state index contributed by atoms with van der Waals surface area (Å²) in [5.74, 6) is 2.22. The van der Waals surface area contributed by atoms with E-state index in [-0.39, 0.29) is 30.1 Å². The summed E-state index contributed by atoms with van der Waals surface area (Å²) in [6, 6.07) is 6.95. The number of carbonyl (C=O) groups is 2. The van der Waals surface area contributed by atoms with Gasteiger partial charge in [-0.3, -0.25) is 9.59 Å². The third-order valence-electron chi connectivity index (χ3n) is 5.02. The second kappa shape index (κ2) is 10.9. The standard InChI is InChI=1S/C19H27N3O3S.ClH/c20-18(15-5-9-25-10-6-15)19(24)21-16-3-1-14(2-4-16)13-17(23)22-7-11-26-12-8-22;/h1-4,15,18H,5-13,20H2,(H,21,24);1H. The zero-order valence-electron chi connectivity index (χ0n) is 15.4. The number of halogens is 1. The molecular weight excluding hydrogens is 386 g/mol. The van der Waals surface area contributed by atoms with E-state index in [1.54, 1.807) is 0 Å². The second-order valence-corrected chi connectivity index (χ2v) is 8.06. The van der Waals surface area contributed by atoms with Crippen LogP contribution in [0.3, 0.4) is 0 Å². The number of nitrogens with one attached hydrogen (secondary N) is 1. The monoisotopic (exact) mass is 413 g/mol. The molecular formula is C19H28ClN3O3S. The van der Waals surface area contributed by atoms with Crippen LogP contribution < -0.4 is 11.1 Å². The summed E-state index contributed by atoms with van der Waals surface area (Å²) in [6.45, 7) is 3.01. The van der Waals surface area contributed by atoms with Crippen molar-refractivity contribution in [3.05, 3.63) is 29.8 Å². The Balaban J connectivity index is 0.00000261. The molecule has 8 heteroatoms. The molecule has 3 N–H and O–H groups in total. The fraction of sp³-hybridized carbons (Fsp3) is 0.579. The minimum atomic E-state index is -0.517. The van der Waals surface area contributed by atoms with Gasteiger partial charge in [-0.25, -0.2) is 0 Å². The molecule has 0 saturated carbocycles. The summed E-state index contributed by atoms with van der Waals surface area (Å²) in [4.78, 5) is 26.6. The highest BCUT2D eigenvalue weighted by atomic mass is 35.5. The van der Waals surface area contributed by atoms with E-state index in [9.17, 15) is 9.59 Å². The Bertz CT molecular complexity index is 617. The van der Waals surface area contributed by atoms with Crippen LogP contribution in [0.4, 0.5) is 5.69 Å². The van der Waals surface area contributed by atoms with Crippen molar-refractivity contribution in [2.45, 2.75) is 25.3 Å². The van der Waals surface area contributed by atoms with Gasteiger partial charge in [-0.2, -0.15) is 11.8 Å². The molecule has 0 aromatic heterocycles. The first-order valence-corrected chi connectivity index (χ1v) is 10.4. The number of hydrogen-bond acceptors (Lipinski definition) is 5. The van der Waals surface area contributed by atoms with Crippen molar-refractivity contribution in [1.29, 1.82) is 0 Å². The summed E-state index contributed by atoms with van der Waals surface area (Å²) in [6.07, 6.45) is 2.05. The van der Waals surface area contributed by atoms with Crippen LogP contribution in [0, 0.1) is 5.92 Å². The van der Waals surface area contributed by atoms with Gasteiger partial charge in [-0.1, -0.05) is 12.1 Å². The third-order valence-corrected chi connectivity index (χ3v) is 5.96. The van der Waals surface area contributed by atoms with Crippen LogP contribution in [0.5, 0.6) is 0 Å². The molecule has 3 rings (SSSR count). The molecule has 6 nitrogen and oxygen atoms in total. The molecule has 2 aliphatic rings. The summed E-state index contributed by atoms with van der Waals surface area (Å²) in [5.41, 5.74) is 7.77. The van der Waals surface area contributed by atoms with Gasteiger partial charge in [0, 0.05) is 43.5 Å². The lowest BCUT2D eigenvalue weighted by Gasteiger charge is -2.27. The van der Waals surface area contributed by atoms with Crippen molar-refractivity contribution in [2.24, 2.45) is 11.7 Å². The second-order valence-electron chi connectivity index (χ2n) is 6.83. The number of thioether (sulfide) groups is 1. The Labute approximate surface area is 171 Å². The van der Waals surface area contributed by atoms with Crippen LogP contribution in [0.25, 0.3) is 0 Å². The molecule has 2 heterocycles. The summed E-state index contributed by atoms with van der Waals surface area (Å²) in [7, 11) is 0. The van der Waals surface area contributed by atoms with Crippen LogP contribution in [-0.2, 0) is 20.7 Å². The number of nitrogens with zero attached hydrogens (tertiary/aromatic N) is 1. The van der Waals surface area contributed by atoms with E-state index in [1.807, 2.05) is 40.9 Å². The molecule has 1 atom stereocenters. The minimum Gasteiger partial charge on any atom is -0.381 e. The Morgan fingerprint density at radius 1 is 1.19 bits per heavy atom. The van der Waals surface area contributed by atoms with Crippen LogP contribution >= 0.6 is 24.2 Å². The molecule has 2 fully saturated rings. The minimum absolute atomic E-state index is 0. The molecule has 2 amide bonds. The number of carbonyl (C=O) groups excluding carboxylic acids is 2. The van der Waals surface area contributed by atoms with Gasteiger partial charge >= 0.3 is 0 Å². The SMILES string of the molecule is Cl.NC(C(=O)Nc1ccc(CC(=O)N2CCSCC2)cc1)C1CCOCC1. The lowest BCUT2D eigenvalue weighted by Crippen LogP contribution is -2.44. The molecule has 150 valence electrons. The zero-order valence-corrected chi connectivity index (χ0v) is 17.0. The van der Waals surface area contributed by atoms with Gasteiger partial charge in [0.15, 0.2) is 0 Å². The Morgan fingerprint density at radius 2 is 1.81 bits per heavy atom. The largest absolute Gasteiger partial charge is 0.381 e. The van der Waals surface area contributed by atoms with Gasteiger partial charge in [0.2, 0.25) is 11.8 Å². The first kappa shape index (κ1) is 22.0. The van der Waals surface area contributed by atoms with Crippen LogP contribution in [-0.4, -0.2) is 60.6 Å². The van der Waals surface area contributed by atoms with Crippen molar-refractivity contribution < 1.29 is 14.3 Å². The molecule has 0 spiro atoms. The Kier molecular flexibility index (Phi) is 8.89. The van der Waals surface area contributed by atoms with Gasteiger partial charge in [-0.15, -0.1) is 12.4 Å². The average molecular weight is 414 g/mol. The normalized spacial score (nSPS) is 19.1. The Morgan fingerprint density at radius 3 is 2.44 bits per heavy atom. The average Bonchev–Trinajstić information content (AvgIpc) is 2.70. The number of anilines is 1. The van der Waals surface area contributed by atoms with Gasteiger partial charge in [0.05, 0.1) is 12.5 Å². The zero-order chi connectivity index (χ0) is 18.4. The smallest absolute Gasteiger partial charge is 0.241 e. The lowest BCUT2D eigenvalue weighted by molar-refractivity contribution is -0.130. The molecule has 1 aromatic carbocycles. The number of amides is 2. The van der Waals surface area contributed by atoms with E-state index in [2.05, 4.69) is 5.32 Å². The summed E-state index contributed by atoms with van der Waals surface area (Å²) < 4.78 is 5.32. The summed E-state index contributed by atoms with van der Waals surface area (Å²) in [5, 5.41) is 2.88. The van der Waals surface area contributed by atoms with E-state index >= 15 is 0 Å². The van der Waals surface area contributed by atoms with E-state index in [4.69, 9.17) is 10.5 Å². The van der Waals surface area contributed by atoms with Crippen molar-refractivity contribution >= 4 is 41.7 Å². The third kappa shape index (κ3) is 6.38. The van der Waals surface area contributed by atoms with Gasteiger partial charge < -0.3 is 20.7 Å². The first-order valence-electron chi connectivity index (χ1n) is 9.22. The Hall–Kier alpha value is -1.28. The van der Waals surface area contributed by atoms with Crippen LogP contribution in [0.2, 0.25) is 0 Å². The van der Waals surface area contributed by atoms with E-state index < -0.39 is 6.04 Å². The molecule has 0 radical (unpaired) electrons. The van der Waals surface area contributed by atoms with E-state index in [1.165, 1.54) is 0 Å². The number of hydrogen-bond donors (Lipinski definition) is 2. The fourth-order valence-corrected chi connectivity index (χ4v) is 4.22. The maximum Gasteiger partial charge on any atom is 0.241 e. The molecule has 1 aromatic rings. The predicted octanol–water partition coefficient (Wildman–Crippen LogP) is 1.92. The maximum atomic E-state index is 12.3.